The Balaban J connectivity index is 2.63. The van der Waals surface area contributed by atoms with Crippen LogP contribution in [0.25, 0.3) is 0 Å². The van der Waals surface area contributed by atoms with Gasteiger partial charge in [0.05, 0.1) is 0 Å². The third kappa shape index (κ3) is 2.89. The summed E-state index contributed by atoms with van der Waals surface area (Å²) in [5.41, 5.74) is 5.99. The molecule has 0 amide bonds. The number of rotatable bonds is 2. The largest absolute Gasteiger partial charge is 0.370 e. The van der Waals surface area contributed by atoms with E-state index in [1.807, 2.05) is 0 Å². The normalized spacial score (nSPS) is 24.4. The fourth-order valence-electron chi connectivity index (χ4n) is 2.07. The van der Waals surface area contributed by atoms with E-state index in [1.54, 1.807) is 0 Å². The number of nitrogens with zero attached hydrogens (tertiary/aromatic N) is 2. The van der Waals surface area contributed by atoms with Crippen LogP contribution in [-0.2, 0) is 0 Å². The highest BCUT2D eigenvalue weighted by molar-refractivity contribution is 5.78. The minimum atomic E-state index is 0.300. The van der Waals surface area contributed by atoms with Gasteiger partial charge in [-0.15, -0.1) is 0 Å². The van der Waals surface area contributed by atoms with E-state index in [0.29, 0.717) is 12.1 Å². The van der Waals surface area contributed by atoms with Crippen molar-refractivity contribution >= 4 is 5.96 Å². The Morgan fingerprint density at radius 1 is 1.50 bits per heavy atom. The SMILES string of the molecule is CCC1CCCCN1C(N)=NC(C)C. The van der Waals surface area contributed by atoms with E-state index >= 15 is 0 Å². The summed E-state index contributed by atoms with van der Waals surface area (Å²) in [7, 11) is 0. The summed E-state index contributed by atoms with van der Waals surface area (Å²) >= 11 is 0. The molecule has 1 heterocycles. The zero-order chi connectivity index (χ0) is 10.6. The Labute approximate surface area is 87.4 Å². The molecule has 0 aliphatic carbocycles. The molecule has 1 aliphatic rings. The summed E-state index contributed by atoms with van der Waals surface area (Å²) in [6.45, 7) is 7.45. The molecule has 0 bridgehead atoms. The lowest BCUT2D eigenvalue weighted by Crippen LogP contribution is -2.47. The van der Waals surface area contributed by atoms with Gasteiger partial charge >= 0.3 is 0 Å². The van der Waals surface area contributed by atoms with Gasteiger partial charge in [-0.3, -0.25) is 4.99 Å². The molecule has 0 aromatic carbocycles. The molecule has 1 rings (SSSR count). The van der Waals surface area contributed by atoms with E-state index in [1.165, 1.54) is 25.7 Å². The van der Waals surface area contributed by atoms with Gasteiger partial charge in [0.25, 0.3) is 0 Å². The maximum Gasteiger partial charge on any atom is 0.191 e. The Hall–Kier alpha value is -0.730. The molecular formula is C11H23N3. The quantitative estimate of drug-likeness (QED) is 0.543. The van der Waals surface area contributed by atoms with Crippen molar-refractivity contribution in [2.45, 2.75) is 58.5 Å². The molecule has 0 aromatic heterocycles. The Bertz CT molecular complexity index is 199. The first-order valence-corrected chi connectivity index (χ1v) is 5.75. The predicted octanol–water partition coefficient (Wildman–Crippen LogP) is 1.97. The maximum absolute atomic E-state index is 5.99. The molecule has 2 N–H and O–H groups in total. The number of guanidine groups is 1. The lowest BCUT2D eigenvalue weighted by molar-refractivity contribution is 0.232. The summed E-state index contributed by atoms with van der Waals surface area (Å²) < 4.78 is 0. The molecule has 0 aromatic rings. The van der Waals surface area contributed by atoms with Crippen LogP contribution in [-0.4, -0.2) is 29.5 Å². The standard InChI is InChI=1S/C11H23N3/c1-4-10-7-5-6-8-14(10)11(12)13-9(2)3/h9-10H,4-8H2,1-3H3,(H2,12,13). The average Bonchev–Trinajstić information content (AvgIpc) is 2.16. The number of piperidine rings is 1. The molecule has 3 heteroatoms. The van der Waals surface area contributed by atoms with E-state index in [-0.39, 0.29) is 0 Å². The molecular weight excluding hydrogens is 174 g/mol. The zero-order valence-electron chi connectivity index (χ0n) is 9.66. The van der Waals surface area contributed by atoms with Crippen molar-refractivity contribution in [3.8, 4) is 0 Å². The topological polar surface area (TPSA) is 41.6 Å². The molecule has 3 nitrogen and oxygen atoms in total. The van der Waals surface area contributed by atoms with Gasteiger partial charge in [-0.05, 0) is 39.5 Å². The first-order valence-electron chi connectivity index (χ1n) is 5.75. The van der Waals surface area contributed by atoms with Gasteiger partial charge in [-0.25, -0.2) is 0 Å². The highest BCUT2D eigenvalue weighted by Crippen LogP contribution is 2.18. The summed E-state index contributed by atoms with van der Waals surface area (Å²) in [5, 5.41) is 0. The summed E-state index contributed by atoms with van der Waals surface area (Å²) in [5.74, 6) is 0.742. The van der Waals surface area contributed by atoms with Crippen LogP contribution in [0.4, 0.5) is 0 Å². The monoisotopic (exact) mass is 197 g/mol. The van der Waals surface area contributed by atoms with Crippen LogP contribution in [0.1, 0.15) is 46.5 Å². The first-order chi connectivity index (χ1) is 6.65. The molecule has 1 saturated heterocycles. The fraction of sp³-hybridized carbons (Fsp3) is 0.909. The zero-order valence-corrected chi connectivity index (χ0v) is 9.66. The van der Waals surface area contributed by atoms with Gasteiger partial charge in [0, 0.05) is 18.6 Å². The second-order valence-corrected chi connectivity index (χ2v) is 4.33. The van der Waals surface area contributed by atoms with Crippen molar-refractivity contribution in [1.29, 1.82) is 0 Å². The van der Waals surface area contributed by atoms with E-state index in [0.717, 1.165) is 12.5 Å². The van der Waals surface area contributed by atoms with Gasteiger partial charge in [-0.1, -0.05) is 6.92 Å². The smallest absolute Gasteiger partial charge is 0.191 e. The van der Waals surface area contributed by atoms with Gasteiger partial charge in [-0.2, -0.15) is 0 Å². The second kappa shape index (κ2) is 5.23. The van der Waals surface area contributed by atoms with E-state index in [9.17, 15) is 0 Å². The molecule has 0 radical (unpaired) electrons. The molecule has 1 unspecified atom stereocenters. The molecule has 14 heavy (non-hydrogen) atoms. The van der Waals surface area contributed by atoms with Crippen molar-refractivity contribution in [2.24, 2.45) is 10.7 Å². The number of likely N-dealkylation sites (tertiary alicyclic amines) is 1. The van der Waals surface area contributed by atoms with E-state index in [4.69, 9.17) is 5.73 Å². The minimum absolute atomic E-state index is 0.300. The van der Waals surface area contributed by atoms with Crippen molar-refractivity contribution in [3.63, 3.8) is 0 Å². The average molecular weight is 197 g/mol. The van der Waals surface area contributed by atoms with Crippen LogP contribution in [0.2, 0.25) is 0 Å². The first kappa shape index (κ1) is 11.3. The lowest BCUT2D eigenvalue weighted by atomic mass is 10.0. The maximum atomic E-state index is 5.99. The van der Waals surface area contributed by atoms with Crippen molar-refractivity contribution in [3.05, 3.63) is 0 Å². The lowest BCUT2D eigenvalue weighted by Gasteiger charge is -2.36. The van der Waals surface area contributed by atoms with Gasteiger partial charge in [0.1, 0.15) is 0 Å². The number of hydrogen-bond acceptors (Lipinski definition) is 1. The molecule has 0 spiro atoms. The van der Waals surface area contributed by atoms with Crippen LogP contribution in [0.5, 0.6) is 0 Å². The second-order valence-electron chi connectivity index (χ2n) is 4.33. The molecule has 0 saturated carbocycles. The predicted molar refractivity (Wildman–Crippen MR) is 61.4 cm³/mol. The minimum Gasteiger partial charge on any atom is -0.370 e. The molecule has 1 aliphatic heterocycles. The van der Waals surface area contributed by atoms with Gasteiger partial charge in [0.15, 0.2) is 5.96 Å². The van der Waals surface area contributed by atoms with Gasteiger partial charge < -0.3 is 10.6 Å². The van der Waals surface area contributed by atoms with Crippen LogP contribution >= 0.6 is 0 Å². The summed E-state index contributed by atoms with van der Waals surface area (Å²) in [6, 6.07) is 0.917. The van der Waals surface area contributed by atoms with E-state index in [2.05, 4.69) is 30.7 Å². The highest BCUT2D eigenvalue weighted by atomic mass is 15.3. The summed E-state index contributed by atoms with van der Waals surface area (Å²) in [4.78, 5) is 6.70. The number of nitrogens with two attached hydrogens (primary N) is 1. The fourth-order valence-corrected chi connectivity index (χ4v) is 2.07. The van der Waals surface area contributed by atoms with Crippen LogP contribution in [0, 0.1) is 0 Å². The van der Waals surface area contributed by atoms with Gasteiger partial charge in [0.2, 0.25) is 0 Å². The Kier molecular flexibility index (Phi) is 4.23. The van der Waals surface area contributed by atoms with Crippen LogP contribution in [0.3, 0.4) is 0 Å². The molecule has 82 valence electrons. The van der Waals surface area contributed by atoms with Crippen molar-refractivity contribution < 1.29 is 0 Å². The number of hydrogen-bond donors (Lipinski definition) is 1. The molecule has 1 fully saturated rings. The van der Waals surface area contributed by atoms with Crippen molar-refractivity contribution in [1.82, 2.24) is 4.90 Å². The Morgan fingerprint density at radius 3 is 2.79 bits per heavy atom. The highest BCUT2D eigenvalue weighted by Gasteiger charge is 2.22. The third-order valence-electron chi connectivity index (χ3n) is 2.78. The van der Waals surface area contributed by atoms with Crippen molar-refractivity contribution in [2.75, 3.05) is 6.54 Å². The van der Waals surface area contributed by atoms with Crippen LogP contribution in [0.15, 0.2) is 4.99 Å². The van der Waals surface area contributed by atoms with E-state index < -0.39 is 0 Å². The Morgan fingerprint density at radius 2 is 2.21 bits per heavy atom. The molecule has 1 atom stereocenters. The third-order valence-corrected chi connectivity index (χ3v) is 2.78. The van der Waals surface area contributed by atoms with Crippen LogP contribution < -0.4 is 5.73 Å². The number of aliphatic imine (C=N–C) groups is 1. The summed E-state index contributed by atoms with van der Waals surface area (Å²) in [6.07, 6.45) is 5.04.